The number of esters is 1. The molecule has 16 heavy (non-hydrogen) atoms. The number of methoxy groups -OCH3 is 2. The van der Waals surface area contributed by atoms with Gasteiger partial charge in [0.2, 0.25) is 0 Å². The van der Waals surface area contributed by atoms with Crippen LogP contribution in [0.1, 0.15) is 10.4 Å². The summed E-state index contributed by atoms with van der Waals surface area (Å²) in [5.74, 6) is 1.21. The van der Waals surface area contributed by atoms with E-state index in [1.807, 2.05) is 0 Å². The van der Waals surface area contributed by atoms with Gasteiger partial charge >= 0.3 is 5.97 Å². The largest absolute Gasteiger partial charge is 0.497 e. The fraction of sp³-hybridized carbons (Fsp3) is 0.250. The van der Waals surface area contributed by atoms with Crippen LogP contribution >= 0.6 is 0 Å². The van der Waals surface area contributed by atoms with Gasteiger partial charge in [-0.1, -0.05) is 12.6 Å². The van der Waals surface area contributed by atoms with Crippen molar-refractivity contribution in [1.29, 1.82) is 0 Å². The highest BCUT2D eigenvalue weighted by atomic mass is 16.6. The molecule has 1 aromatic rings. The SMILES string of the molecule is C=C1CO1.COC(=O)c1cccc(OC)c1. The molecule has 0 saturated carbocycles. The topological polar surface area (TPSA) is 48.1 Å². The highest BCUT2D eigenvalue weighted by molar-refractivity contribution is 5.89. The Morgan fingerprint density at radius 1 is 1.44 bits per heavy atom. The molecule has 0 aliphatic carbocycles. The van der Waals surface area contributed by atoms with Crippen LogP contribution in [0.25, 0.3) is 0 Å². The first-order valence-electron chi connectivity index (χ1n) is 4.70. The Balaban J connectivity index is 0.000000267. The molecule has 1 heterocycles. The standard InChI is InChI=1S/C9H10O3.C3H4O/c1-11-8-5-3-4-7(6-8)9(10)12-2;1-3-2-4-3/h3-6H,1-2H3;1-2H2. The number of benzene rings is 1. The Kier molecular flexibility index (Phi) is 4.39. The average Bonchev–Trinajstić information content (AvgIpc) is 3.11. The van der Waals surface area contributed by atoms with E-state index >= 15 is 0 Å². The van der Waals surface area contributed by atoms with E-state index in [1.54, 1.807) is 31.4 Å². The minimum atomic E-state index is -0.353. The molecule has 1 saturated heterocycles. The summed E-state index contributed by atoms with van der Waals surface area (Å²) in [6.45, 7) is 4.24. The van der Waals surface area contributed by atoms with Gasteiger partial charge in [0.25, 0.3) is 0 Å². The minimum absolute atomic E-state index is 0.353. The molecule has 0 spiro atoms. The maximum Gasteiger partial charge on any atom is 0.337 e. The molecule has 0 unspecified atom stereocenters. The molecule has 0 aromatic heterocycles. The van der Waals surface area contributed by atoms with Crippen molar-refractivity contribution in [3.05, 3.63) is 42.2 Å². The van der Waals surface area contributed by atoms with Gasteiger partial charge in [-0.15, -0.1) is 0 Å². The van der Waals surface area contributed by atoms with Crippen molar-refractivity contribution in [3.8, 4) is 5.75 Å². The molecule has 1 aliphatic heterocycles. The van der Waals surface area contributed by atoms with Crippen molar-refractivity contribution in [2.75, 3.05) is 20.8 Å². The molecule has 4 heteroatoms. The van der Waals surface area contributed by atoms with Crippen LogP contribution in [0.15, 0.2) is 36.6 Å². The van der Waals surface area contributed by atoms with E-state index in [9.17, 15) is 4.79 Å². The average molecular weight is 222 g/mol. The van der Waals surface area contributed by atoms with E-state index in [1.165, 1.54) is 7.11 Å². The molecule has 4 nitrogen and oxygen atoms in total. The second kappa shape index (κ2) is 5.80. The number of ether oxygens (including phenoxy) is 3. The quantitative estimate of drug-likeness (QED) is 0.567. The molecule has 1 aliphatic rings. The monoisotopic (exact) mass is 222 g/mol. The molecule has 1 aromatic carbocycles. The van der Waals surface area contributed by atoms with Gasteiger partial charge in [-0.3, -0.25) is 0 Å². The van der Waals surface area contributed by atoms with Crippen LogP contribution in [0.3, 0.4) is 0 Å². The van der Waals surface area contributed by atoms with Crippen molar-refractivity contribution in [3.63, 3.8) is 0 Å². The number of epoxide rings is 1. The first-order chi connectivity index (χ1) is 7.67. The van der Waals surface area contributed by atoms with Crippen LogP contribution in [0, 0.1) is 0 Å². The fourth-order valence-corrected chi connectivity index (χ4v) is 0.919. The van der Waals surface area contributed by atoms with Gasteiger partial charge in [0.15, 0.2) is 0 Å². The van der Waals surface area contributed by atoms with Crippen LogP contribution in [-0.4, -0.2) is 26.8 Å². The molecule has 1 fully saturated rings. The van der Waals surface area contributed by atoms with E-state index in [0.717, 1.165) is 12.4 Å². The molecule has 2 rings (SSSR count). The predicted octanol–water partition coefficient (Wildman–Crippen LogP) is 2.01. The highest BCUT2D eigenvalue weighted by Crippen LogP contribution is 2.12. The van der Waals surface area contributed by atoms with E-state index in [0.29, 0.717) is 11.3 Å². The third kappa shape index (κ3) is 4.04. The van der Waals surface area contributed by atoms with Gasteiger partial charge in [0, 0.05) is 0 Å². The molecular weight excluding hydrogens is 208 g/mol. The van der Waals surface area contributed by atoms with E-state index in [2.05, 4.69) is 16.1 Å². The number of hydrogen-bond donors (Lipinski definition) is 0. The zero-order valence-corrected chi connectivity index (χ0v) is 9.36. The summed E-state index contributed by atoms with van der Waals surface area (Å²) in [4.78, 5) is 11.0. The van der Waals surface area contributed by atoms with E-state index < -0.39 is 0 Å². The third-order valence-electron chi connectivity index (χ3n) is 1.84. The van der Waals surface area contributed by atoms with Gasteiger partial charge in [0.1, 0.15) is 18.1 Å². The Morgan fingerprint density at radius 3 is 2.50 bits per heavy atom. The molecule has 0 radical (unpaired) electrons. The second-order valence-corrected chi connectivity index (χ2v) is 3.05. The number of carbonyl (C=O) groups excluding carboxylic acids is 1. The highest BCUT2D eigenvalue weighted by Gasteiger charge is 2.05. The normalized spacial score (nSPS) is 11.8. The summed E-state index contributed by atoms with van der Waals surface area (Å²) in [7, 11) is 2.90. The third-order valence-corrected chi connectivity index (χ3v) is 1.84. The summed E-state index contributed by atoms with van der Waals surface area (Å²) in [6.07, 6.45) is 0. The molecular formula is C12H14O4. The van der Waals surface area contributed by atoms with Crippen molar-refractivity contribution in [2.45, 2.75) is 0 Å². The van der Waals surface area contributed by atoms with Crippen LogP contribution < -0.4 is 4.74 Å². The molecule has 86 valence electrons. The summed E-state index contributed by atoms with van der Waals surface area (Å²) >= 11 is 0. The van der Waals surface area contributed by atoms with Gasteiger partial charge < -0.3 is 14.2 Å². The summed E-state index contributed by atoms with van der Waals surface area (Å²) in [6, 6.07) is 6.82. The number of carbonyl (C=O) groups is 1. The lowest BCUT2D eigenvalue weighted by Crippen LogP contribution is -2.00. The van der Waals surface area contributed by atoms with Gasteiger partial charge in [-0.25, -0.2) is 4.79 Å². The molecule has 0 atom stereocenters. The number of hydrogen-bond acceptors (Lipinski definition) is 4. The van der Waals surface area contributed by atoms with Crippen molar-refractivity contribution >= 4 is 5.97 Å². The lowest BCUT2D eigenvalue weighted by molar-refractivity contribution is 0.0600. The summed E-state index contributed by atoms with van der Waals surface area (Å²) in [5.41, 5.74) is 0.497. The Bertz CT molecular complexity index is 378. The first kappa shape index (κ1) is 12.1. The predicted molar refractivity (Wildman–Crippen MR) is 59.4 cm³/mol. The minimum Gasteiger partial charge on any atom is -0.497 e. The smallest absolute Gasteiger partial charge is 0.337 e. The zero-order valence-electron chi connectivity index (χ0n) is 9.36. The van der Waals surface area contributed by atoms with Crippen LogP contribution in [-0.2, 0) is 9.47 Å². The Labute approximate surface area is 94.4 Å². The first-order valence-corrected chi connectivity index (χ1v) is 4.70. The zero-order chi connectivity index (χ0) is 12.0. The summed E-state index contributed by atoms with van der Waals surface area (Å²) in [5, 5.41) is 0. The Hall–Kier alpha value is -1.97. The summed E-state index contributed by atoms with van der Waals surface area (Å²) < 4.78 is 14.0. The lowest BCUT2D eigenvalue weighted by Gasteiger charge is -2.01. The van der Waals surface area contributed by atoms with Crippen molar-refractivity contribution in [2.24, 2.45) is 0 Å². The van der Waals surface area contributed by atoms with E-state index in [-0.39, 0.29) is 5.97 Å². The maximum atomic E-state index is 11.0. The number of rotatable bonds is 2. The van der Waals surface area contributed by atoms with Crippen molar-refractivity contribution < 1.29 is 19.0 Å². The lowest BCUT2D eigenvalue weighted by atomic mass is 10.2. The van der Waals surface area contributed by atoms with Gasteiger partial charge in [-0.05, 0) is 18.2 Å². The van der Waals surface area contributed by atoms with Crippen molar-refractivity contribution in [1.82, 2.24) is 0 Å². The second-order valence-electron chi connectivity index (χ2n) is 3.05. The van der Waals surface area contributed by atoms with Crippen LogP contribution in [0.4, 0.5) is 0 Å². The van der Waals surface area contributed by atoms with Gasteiger partial charge in [-0.2, -0.15) is 0 Å². The van der Waals surface area contributed by atoms with Crippen LogP contribution in [0.5, 0.6) is 5.75 Å². The molecule has 0 N–H and O–H groups in total. The molecule has 0 bridgehead atoms. The Morgan fingerprint density at radius 2 is 2.06 bits per heavy atom. The fourth-order valence-electron chi connectivity index (χ4n) is 0.919. The molecule has 0 amide bonds. The van der Waals surface area contributed by atoms with Crippen LogP contribution in [0.2, 0.25) is 0 Å². The maximum absolute atomic E-state index is 11.0. The van der Waals surface area contributed by atoms with E-state index in [4.69, 9.17) is 4.74 Å². The van der Waals surface area contributed by atoms with Gasteiger partial charge in [0.05, 0.1) is 19.8 Å².